The minimum Gasteiger partial charge on any atom is -0.476 e. The number of rotatable bonds is 5. The Morgan fingerprint density at radius 3 is 2.56 bits per heavy atom. The van der Waals surface area contributed by atoms with Crippen LogP contribution >= 0.6 is 0 Å². The standard InChI is InChI=1S/C11H17N3O2/c1-7(2)6-8(3)14-10-9(11(15)16)12-4-5-13-10/h4-5,7-8H,6H2,1-3H3,(H,13,14)(H,15,16). The molecule has 1 atom stereocenters. The second-order valence-corrected chi connectivity index (χ2v) is 4.23. The van der Waals surface area contributed by atoms with Gasteiger partial charge in [-0.1, -0.05) is 13.8 Å². The van der Waals surface area contributed by atoms with Crippen LogP contribution in [0, 0.1) is 5.92 Å². The van der Waals surface area contributed by atoms with Crippen molar-refractivity contribution in [1.29, 1.82) is 0 Å². The molecule has 1 aromatic heterocycles. The monoisotopic (exact) mass is 223 g/mol. The van der Waals surface area contributed by atoms with Crippen LogP contribution in [0.4, 0.5) is 5.82 Å². The van der Waals surface area contributed by atoms with Gasteiger partial charge in [0.2, 0.25) is 0 Å². The molecular formula is C11H17N3O2. The van der Waals surface area contributed by atoms with Gasteiger partial charge < -0.3 is 10.4 Å². The highest BCUT2D eigenvalue weighted by Gasteiger charge is 2.14. The van der Waals surface area contributed by atoms with Crippen molar-refractivity contribution in [2.45, 2.75) is 33.2 Å². The molecule has 0 radical (unpaired) electrons. The predicted octanol–water partition coefficient (Wildman–Crippen LogP) is 2.02. The largest absolute Gasteiger partial charge is 0.476 e. The zero-order valence-corrected chi connectivity index (χ0v) is 9.77. The highest BCUT2D eigenvalue weighted by Crippen LogP contribution is 2.13. The number of carboxylic acid groups (broad SMARTS) is 1. The Balaban J connectivity index is 2.76. The molecular weight excluding hydrogens is 206 g/mol. The fourth-order valence-corrected chi connectivity index (χ4v) is 1.60. The highest BCUT2D eigenvalue weighted by atomic mass is 16.4. The molecule has 0 saturated carbocycles. The maximum Gasteiger partial charge on any atom is 0.358 e. The van der Waals surface area contributed by atoms with Crippen LogP contribution in [0.15, 0.2) is 12.4 Å². The van der Waals surface area contributed by atoms with Crippen LogP contribution < -0.4 is 5.32 Å². The Labute approximate surface area is 94.9 Å². The molecule has 0 aliphatic heterocycles. The van der Waals surface area contributed by atoms with Gasteiger partial charge >= 0.3 is 5.97 Å². The predicted molar refractivity (Wildman–Crippen MR) is 61.5 cm³/mol. The SMILES string of the molecule is CC(C)CC(C)Nc1nccnc1C(=O)O. The molecule has 0 aliphatic rings. The summed E-state index contributed by atoms with van der Waals surface area (Å²) in [6, 6.07) is 0.176. The Morgan fingerprint density at radius 2 is 2.00 bits per heavy atom. The van der Waals surface area contributed by atoms with E-state index in [1.165, 1.54) is 12.4 Å². The molecule has 1 unspecified atom stereocenters. The van der Waals surface area contributed by atoms with Gasteiger partial charge in [0.05, 0.1) is 0 Å². The molecule has 0 aliphatic carbocycles. The zero-order valence-electron chi connectivity index (χ0n) is 9.77. The minimum atomic E-state index is -1.06. The van der Waals surface area contributed by atoms with Crippen LogP contribution in [0.2, 0.25) is 0 Å². The summed E-state index contributed by atoms with van der Waals surface area (Å²) in [5, 5.41) is 12.0. The summed E-state index contributed by atoms with van der Waals surface area (Å²) < 4.78 is 0. The number of aromatic nitrogens is 2. The van der Waals surface area contributed by atoms with Gasteiger partial charge in [0.25, 0.3) is 0 Å². The molecule has 0 saturated heterocycles. The zero-order chi connectivity index (χ0) is 12.1. The number of nitrogens with zero attached hydrogens (tertiary/aromatic N) is 2. The Hall–Kier alpha value is -1.65. The first-order valence-electron chi connectivity index (χ1n) is 5.31. The Morgan fingerprint density at radius 1 is 1.38 bits per heavy atom. The van der Waals surface area contributed by atoms with Crippen molar-refractivity contribution in [1.82, 2.24) is 9.97 Å². The Bertz CT molecular complexity index is 366. The molecule has 0 aromatic carbocycles. The van der Waals surface area contributed by atoms with Gasteiger partial charge in [0.1, 0.15) is 0 Å². The van der Waals surface area contributed by atoms with Gasteiger partial charge in [-0.15, -0.1) is 0 Å². The van der Waals surface area contributed by atoms with Gasteiger partial charge in [0.15, 0.2) is 11.5 Å². The minimum absolute atomic E-state index is 0.0295. The average molecular weight is 223 g/mol. The molecule has 16 heavy (non-hydrogen) atoms. The van der Waals surface area contributed by atoms with E-state index in [1.54, 1.807) is 0 Å². The van der Waals surface area contributed by atoms with E-state index in [0.29, 0.717) is 11.7 Å². The molecule has 0 fully saturated rings. The van der Waals surface area contributed by atoms with E-state index in [0.717, 1.165) is 6.42 Å². The smallest absolute Gasteiger partial charge is 0.358 e. The fourth-order valence-electron chi connectivity index (χ4n) is 1.60. The van der Waals surface area contributed by atoms with Gasteiger partial charge in [-0.25, -0.2) is 14.8 Å². The maximum atomic E-state index is 10.9. The van der Waals surface area contributed by atoms with Crippen LogP contribution in [0.25, 0.3) is 0 Å². The van der Waals surface area contributed by atoms with E-state index >= 15 is 0 Å². The molecule has 88 valence electrons. The van der Waals surface area contributed by atoms with E-state index in [-0.39, 0.29) is 11.7 Å². The van der Waals surface area contributed by atoms with E-state index in [4.69, 9.17) is 5.11 Å². The van der Waals surface area contributed by atoms with Gasteiger partial charge in [0, 0.05) is 18.4 Å². The summed E-state index contributed by atoms with van der Waals surface area (Å²) in [7, 11) is 0. The van der Waals surface area contributed by atoms with Gasteiger partial charge in [-0.05, 0) is 19.3 Å². The molecule has 5 heteroatoms. The summed E-state index contributed by atoms with van der Waals surface area (Å²) in [6.07, 6.45) is 3.81. The average Bonchev–Trinajstić information content (AvgIpc) is 2.16. The lowest BCUT2D eigenvalue weighted by molar-refractivity contribution is 0.0691. The molecule has 0 bridgehead atoms. The third-order valence-corrected chi connectivity index (χ3v) is 2.11. The number of carboxylic acids is 1. The second kappa shape index (κ2) is 5.44. The van der Waals surface area contributed by atoms with Gasteiger partial charge in [-0.3, -0.25) is 0 Å². The summed E-state index contributed by atoms with van der Waals surface area (Å²) in [4.78, 5) is 18.7. The normalized spacial score (nSPS) is 12.5. The summed E-state index contributed by atoms with van der Waals surface area (Å²) in [6.45, 7) is 6.24. The number of anilines is 1. The number of hydrogen-bond donors (Lipinski definition) is 2. The molecule has 0 spiro atoms. The number of carbonyl (C=O) groups is 1. The molecule has 5 nitrogen and oxygen atoms in total. The van der Waals surface area contributed by atoms with Crippen LogP contribution in [-0.4, -0.2) is 27.1 Å². The van der Waals surface area contributed by atoms with E-state index in [2.05, 4.69) is 29.1 Å². The molecule has 1 rings (SSSR count). The molecule has 2 N–H and O–H groups in total. The van der Waals surface area contributed by atoms with Crippen molar-refractivity contribution in [2.24, 2.45) is 5.92 Å². The van der Waals surface area contributed by atoms with Gasteiger partial charge in [-0.2, -0.15) is 0 Å². The molecule has 1 aromatic rings. The lowest BCUT2D eigenvalue weighted by Gasteiger charge is -2.17. The highest BCUT2D eigenvalue weighted by molar-refractivity contribution is 5.90. The lowest BCUT2D eigenvalue weighted by atomic mass is 10.1. The Kier molecular flexibility index (Phi) is 4.22. The second-order valence-electron chi connectivity index (χ2n) is 4.23. The van der Waals surface area contributed by atoms with Crippen LogP contribution in [0.5, 0.6) is 0 Å². The first-order valence-corrected chi connectivity index (χ1v) is 5.31. The van der Waals surface area contributed by atoms with Crippen molar-refractivity contribution >= 4 is 11.8 Å². The maximum absolute atomic E-state index is 10.9. The van der Waals surface area contributed by atoms with E-state index in [9.17, 15) is 4.79 Å². The number of nitrogens with one attached hydrogen (secondary N) is 1. The van der Waals surface area contributed by atoms with E-state index in [1.807, 2.05) is 6.92 Å². The van der Waals surface area contributed by atoms with Crippen LogP contribution in [0.1, 0.15) is 37.7 Å². The lowest BCUT2D eigenvalue weighted by Crippen LogP contribution is -2.20. The van der Waals surface area contributed by atoms with Crippen molar-refractivity contribution in [2.75, 3.05) is 5.32 Å². The topological polar surface area (TPSA) is 75.1 Å². The first kappa shape index (κ1) is 12.4. The van der Waals surface area contributed by atoms with E-state index < -0.39 is 5.97 Å². The third kappa shape index (κ3) is 3.49. The van der Waals surface area contributed by atoms with Crippen molar-refractivity contribution in [3.63, 3.8) is 0 Å². The summed E-state index contributed by atoms with van der Waals surface area (Å²) in [5.74, 6) is -0.178. The van der Waals surface area contributed by atoms with Crippen LogP contribution in [0.3, 0.4) is 0 Å². The summed E-state index contributed by atoms with van der Waals surface area (Å²) >= 11 is 0. The van der Waals surface area contributed by atoms with Crippen molar-refractivity contribution < 1.29 is 9.90 Å². The molecule has 0 amide bonds. The van der Waals surface area contributed by atoms with Crippen molar-refractivity contribution in [3.05, 3.63) is 18.1 Å². The third-order valence-electron chi connectivity index (χ3n) is 2.11. The molecule has 1 heterocycles. The fraction of sp³-hybridized carbons (Fsp3) is 0.545. The quantitative estimate of drug-likeness (QED) is 0.798. The summed E-state index contributed by atoms with van der Waals surface area (Å²) in [5.41, 5.74) is -0.0295. The first-order chi connectivity index (χ1) is 7.50. The van der Waals surface area contributed by atoms with Crippen molar-refractivity contribution in [3.8, 4) is 0 Å². The van der Waals surface area contributed by atoms with Crippen LogP contribution in [-0.2, 0) is 0 Å². The number of hydrogen-bond acceptors (Lipinski definition) is 4. The number of aromatic carboxylic acids is 1.